The molecule has 130 valence electrons. The third-order valence-electron chi connectivity index (χ3n) is 2.79. The van der Waals surface area contributed by atoms with Crippen molar-refractivity contribution in [2.75, 3.05) is 7.11 Å². The SMILES string of the molecule is COc1ccc([N-]S(=O)(=O)c2c(F)c(F)c(F)c(F)c2F)cc1F. The van der Waals surface area contributed by atoms with Crippen molar-refractivity contribution in [3.8, 4) is 5.75 Å². The Morgan fingerprint density at radius 3 is 1.83 bits per heavy atom. The lowest BCUT2D eigenvalue weighted by Crippen LogP contribution is -2.11. The third kappa shape index (κ3) is 2.98. The Balaban J connectivity index is 2.55. The van der Waals surface area contributed by atoms with E-state index in [2.05, 4.69) is 9.46 Å². The smallest absolute Gasteiger partial charge is 0.200 e. The number of methoxy groups -OCH3 is 1. The van der Waals surface area contributed by atoms with Crippen LogP contribution in [0.1, 0.15) is 0 Å². The predicted octanol–water partition coefficient (Wildman–Crippen LogP) is 3.92. The lowest BCUT2D eigenvalue weighted by molar-refractivity contribution is 0.358. The van der Waals surface area contributed by atoms with Crippen molar-refractivity contribution >= 4 is 15.7 Å². The summed E-state index contributed by atoms with van der Waals surface area (Å²) in [4.78, 5) is -2.13. The number of hydrogen-bond donors (Lipinski definition) is 0. The highest BCUT2D eigenvalue weighted by Gasteiger charge is 2.30. The minimum absolute atomic E-state index is 0.275. The molecule has 0 aliphatic carbocycles. The Hall–Kier alpha value is -2.43. The van der Waals surface area contributed by atoms with Gasteiger partial charge in [-0.25, -0.2) is 34.8 Å². The minimum atomic E-state index is -5.35. The van der Waals surface area contributed by atoms with Gasteiger partial charge in [0.15, 0.2) is 34.8 Å². The van der Waals surface area contributed by atoms with Crippen molar-refractivity contribution in [3.63, 3.8) is 0 Å². The molecule has 2 aromatic rings. The summed E-state index contributed by atoms with van der Waals surface area (Å²) in [6.07, 6.45) is 0. The van der Waals surface area contributed by atoms with E-state index < -0.39 is 55.5 Å². The molecule has 2 rings (SSSR count). The van der Waals surface area contributed by atoms with E-state index in [9.17, 15) is 34.8 Å². The van der Waals surface area contributed by atoms with Gasteiger partial charge in [-0.05, 0) is 12.1 Å². The summed E-state index contributed by atoms with van der Waals surface area (Å²) >= 11 is 0. The monoisotopic (exact) mass is 370 g/mol. The van der Waals surface area contributed by atoms with Crippen molar-refractivity contribution in [1.82, 2.24) is 0 Å². The van der Waals surface area contributed by atoms with Crippen molar-refractivity contribution < 1.29 is 39.5 Å². The molecule has 0 bridgehead atoms. The summed E-state index contributed by atoms with van der Waals surface area (Å²) in [5, 5.41) is 0. The lowest BCUT2D eigenvalue weighted by Gasteiger charge is -2.23. The molecule has 11 heteroatoms. The van der Waals surface area contributed by atoms with Gasteiger partial charge in [0.05, 0.1) is 7.11 Å². The van der Waals surface area contributed by atoms with Gasteiger partial charge in [-0.3, -0.25) is 0 Å². The molecule has 0 fully saturated rings. The van der Waals surface area contributed by atoms with Crippen molar-refractivity contribution in [3.05, 3.63) is 57.8 Å². The van der Waals surface area contributed by atoms with Crippen LogP contribution in [0.3, 0.4) is 0 Å². The van der Waals surface area contributed by atoms with E-state index in [-0.39, 0.29) is 5.75 Å². The summed E-state index contributed by atoms with van der Waals surface area (Å²) < 4.78 is 111. The second-order valence-corrected chi connectivity index (χ2v) is 5.83. The molecule has 0 N–H and O–H groups in total. The fourth-order valence-electron chi connectivity index (χ4n) is 1.71. The highest BCUT2D eigenvalue weighted by Crippen LogP contribution is 2.35. The molecule has 0 atom stereocenters. The van der Waals surface area contributed by atoms with Gasteiger partial charge < -0.3 is 9.46 Å². The van der Waals surface area contributed by atoms with Crippen LogP contribution in [0.4, 0.5) is 32.0 Å². The number of benzene rings is 2. The van der Waals surface area contributed by atoms with Gasteiger partial charge in [0, 0.05) is 0 Å². The molecule has 0 aromatic heterocycles. The molecule has 0 heterocycles. The number of ether oxygens (including phenoxy) is 1. The average Bonchev–Trinajstić information content (AvgIpc) is 2.50. The van der Waals surface area contributed by atoms with Crippen LogP contribution in [0.2, 0.25) is 0 Å². The standard InChI is InChI=1S/C13H6F6NO3S/c1-23-7-3-2-5(4-6(7)14)20-24(21,22)13-11(18)9(16)8(15)10(17)12(13)19/h2-4H,1H3/q-1. The first-order valence-corrected chi connectivity index (χ1v) is 7.37. The highest BCUT2D eigenvalue weighted by atomic mass is 32.2. The van der Waals surface area contributed by atoms with E-state index in [0.717, 1.165) is 19.2 Å². The molecule has 0 saturated carbocycles. The Kier molecular flexibility index (Phi) is 4.65. The molecule has 0 unspecified atom stereocenters. The summed E-state index contributed by atoms with van der Waals surface area (Å²) in [7, 11) is -4.23. The molecule has 0 saturated heterocycles. The molecule has 0 amide bonds. The van der Waals surface area contributed by atoms with Crippen LogP contribution in [0.25, 0.3) is 4.72 Å². The number of rotatable bonds is 4. The first-order chi connectivity index (χ1) is 11.1. The van der Waals surface area contributed by atoms with Gasteiger partial charge in [-0.2, -0.15) is 0 Å². The quantitative estimate of drug-likeness (QED) is 0.466. The fraction of sp³-hybridized carbons (Fsp3) is 0.0769. The summed E-state index contributed by atoms with van der Waals surface area (Å²) in [5.74, 6) is -13.9. The van der Waals surface area contributed by atoms with Crippen molar-refractivity contribution in [1.29, 1.82) is 0 Å². The lowest BCUT2D eigenvalue weighted by atomic mass is 10.3. The molecular weight excluding hydrogens is 364 g/mol. The first kappa shape index (κ1) is 17.9. The van der Waals surface area contributed by atoms with Gasteiger partial charge in [0.2, 0.25) is 5.82 Å². The molecule has 0 spiro atoms. The topological polar surface area (TPSA) is 57.5 Å². The van der Waals surface area contributed by atoms with E-state index in [1.54, 1.807) is 0 Å². The minimum Gasteiger partial charge on any atom is -0.572 e. The molecule has 0 radical (unpaired) electrons. The summed E-state index contributed by atoms with van der Waals surface area (Å²) in [6.45, 7) is 0. The van der Waals surface area contributed by atoms with E-state index in [1.807, 2.05) is 0 Å². The maximum atomic E-state index is 13.5. The third-order valence-corrected chi connectivity index (χ3v) is 4.11. The molecular formula is C13H6F6NO3S-. The van der Waals surface area contributed by atoms with Crippen LogP contribution >= 0.6 is 0 Å². The van der Waals surface area contributed by atoms with Crippen LogP contribution in [-0.4, -0.2) is 15.5 Å². The highest BCUT2D eigenvalue weighted by molar-refractivity contribution is 7.94. The zero-order valence-corrected chi connectivity index (χ0v) is 12.4. The number of halogens is 6. The fourth-order valence-corrected chi connectivity index (χ4v) is 2.82. The summed E-state index contributed by atoms with van der Waals surface area (Å²) in [5.41, 5.74) is -0.641. The second kappa shape index (κ2) is 6.23. The Morgan fingerprint density at radius 2 is 1.38 bits per heavy atom. The molecule has 2 aromatic carbocycles. The van der Waals surface area contributed by atoms with E-state index in [0.29, 0.717) is 6.07 Å². The van der Waals surface area contributed by atoms with Gasteiger partial charge in [0.1, 0.15) is 14.9 Å². The van der Waals surface area contributed by atoms with E-state index >= 15 is 0 Å². The van der Waals surface area contributed by atoms with Crippen LogP contribution in [0.5, 0.6) is 5.75 Å². The van der Waals surface area contributed by atoms with Gasteiger partial charge in [-0.1, -0.05) is 6.07 Å². The van der Waals surface area contributed by atoms with E-state index in [1.165, 1.54) is 0 Å². The van der Waals surface area contributed by atoms with Gasteiger partial charge >= 0.3 is 0 Å². The maximum Gasteiger partial charge on any atom is 0.200 e. The summed E-state index contributed by atoms with van der Waals surface area (Å²) in [6, 6.07) is 2.41. The van der Waals surface area contributed by atoms with Crippen molar-refractivity contribution in [2.24, 2.45) is 0 Å². The molecule has 24 heavy (non-hydrogen) atoms. The molecule has 0 aliphatic rings. The van der Waals surface area contributed by atoms with Crippen molar-refractivity contribution in [2.45, 2.75) is 4.90 Å². The predicted molar refractivity (Wildman–Crippen MR) is 69.4 cm³/mol. The number of hydrogen-bond acceptors (Lipinski definition) is 3. The number of nitrogens with zero attached hydrogens (tertiary/aromatic N) is 1. The van der Waals surface area contributed by atoms with Crippen LogP contribution in [0.15, 0.2) is 23.1 Å². The Morgan fingerprint density at radius 1 is 0.875 bits per heavy atom. The second-order valence-electron chi connectivity index (χ2n) is 4.28. The number of sulfonamides is 1. The Bertz CT molecular complexity index is 887. The zero-order chi connectivity index (χ0) is 18.2. The van der Waals surface area contributed by atoms with Crippen LogP contribution in [-0.2, 0) is 10.0 Å². The largest absolute Gasteiger partial charge is 0.572 e. The maximum absolute atomic E-state index is 13.5. The zero-order valence-electron chi connectivity index (χ0n) is 11.6. The van der Waals surface area contributed by atoms with Gasteiger partial charge in [-0.15, -0.1) is 5.69 Å². The normalized spacial score (nSPS) is 11.5. The first-order valence-electron chi connectivity index (χ1n) is 5.93. The van der Waals surface area contributed by atoms with Crippen LogP contribution < -0.4 is 4.74 Å². The Labute approximate surface area is 131 Å². The molecule has 4 nitrogen and oxygen atoms in total. The van der Waals surface area contributed by atoms with Gasteiger partial charge in [0.25, 0.3) is 0 Å². The van der Waals surface area contributed by atoms with Crippen LogP contribution in [0, 0.1) is 34.9 Å². The van der Waals surface area contributed by atoms with E-state index in [4.69, 9.17) is 0 Å². The molecule has 0 aliphatic heterocycles. The average molecular weight is 370 g/mol.